The van der Waals surface area contributed by atoms with Gasteiger partial charge in [-0.3, -0.25) is 9.59 Å². The van der Waals surface area contributed by atoms with Crippen molar-refractivity contribution >= 4 is 11.8 Å². The van der Waals surface area contributed by atoms with Crippen LogP contribution in [0.5, 0.6) is 0 Å². The molecule has 3 aromatic rings. The maximum atomic E-state index is 13.2. The highest BCUT2D eigenvalue weighted by Gasteiger charge is 2.54. The summed E-state index contributed by atoms with van der Waals surface area (Å²) in [4.78, 5) is 29.0. The van der Waals surface area contributed by atoms with Gasteiger partial charge in [-0.1, -0.05) is 48.5 Å². The molecule has 0 aromatic heterocycles. The van der Waals surface area contributed by atoms with Crippen molar-refractivity contribution in [2.24, 2.45) is 0 Å². The first-order valence-corrected chi connectivity index (χ1v) is 11.1. The van der Waals surface area contributed by atoms with E-state index in [1.807, 2.05) is 12.1 Å². The average molecular weight is 445 g/mol. The molecule has 2 aliphatic rings. The number of aryl methyl sites for hydroxylation is 1. The summed E-state index contributed by atoms with van der Waals surface area (Å²) in [6.45, 7) is 2.29. The summed E-state index contributed by atoms with van der Waals surface area (Å²) in [6, 6.07) is 21.3. The number of rotatable bonds is 4. The van der Waals surface area contributed by atoms with E-state index in [0.29, 0.717) is 12.1 Å². The Hall–Kier alpha value is -3.51. The fraction of sp³-hybridized carbons (Fsp3) is 0.259. The number of fused-ring (bicyclic) bond motifs is 1. The van der Waals surface area contributed by atoms with Crippen molar-refractivity contribution in [1.82, 2.24) is 9.80 Å². The summed E-state index contributed by atoms with van der Waals surface area (Å²) in [5, 5.41) is 10.0. The van der Waals surface area contributed by atoms with Crippen LogP contribution in [0.1, 0.15) is 27.4 Å². The van der Waals surface area contributed by atoms with Gasteiger partial charge in [-0.2, -0.15) is 0 Å². The molecule has 0 bridgehead atoms. The quantitative estimate of drug-likeness (QED) is 0.669. The number of halogens is 1. The summed E-state index contributed by atoms with van der Waals surface area (Å²) in [6.07, 6.45) is 0. The van der Waals surface area contributed by atoms with Gasteiger partial charge in [-0.05, 0) is 53.4 Å². The Balaban J connectivity index is 1.39. The van der Waals surface area contributed by atoms with Gasteiger partial charge in [-0.15, -0.1) is 0 Å². The number of aliphatic hydroxyl groups excluding tert-OH is 1. The number of carbonyl (C=O) groups is 2. The van der Waals surface area contributed by atoms with Crippen molar-refractivity contribution in [3.05, 3.63) is 95.3 Å². The van der Waals surface area contributed by atoms with Gasteiger partial charge in [-0.25, -0.2) is 4.39 Å². The molecule has 5 nitrogen and oxygen atoms in total. The van der Waals surface area contributed by atoms with Crippen molar-refractivity contribution in [1.29, 1.82) is 0 Å². The molecule has 0 aliphatic carbocycles. The summed E-state index contributed by atoms with van der Waals surface area (Å²) in [5.41, 5.74) is 4.87. The van der Waals surface area contributed by atoms with Crippen molar-refractivity contribution in [3.8, 4) is 11.1 Å². The second kappa shape index (κ2) is 8.45. The molecular formula is C27H25FN2O3. The number of hydrogen-bond acceptors (Lipinski definition) is 3. The third-order valence-corrected chi connectivity index (χ3v) is 6.88. The smallest absolute Gasteiger partial charge is 0.254 e. The zero-order valence-corrected chi connectivity index (χ0v) is 18.3. The highest BCUT2D eigenvalue weighted by molar-refractivity contribution is 5.97. The summed E-state index contributed by atoms with van der Waals surface area (Å²) >= 11 is 0. The molecule has 2 aliphatic heterocycles. The molecule has 0 spiro atoms. The largest absolute Gasteiger partial charge is 0.394 e. The molecule has 0 saturated carbocycles. The van der Waals surface area contributed by atoms with Crippen LogP contribution in [-0.2, 0) is 4.79 Å². The van der Waals surface area contributed by atoms with Gasteiger partial charge >= 0.3 is 0 Å². The maximum absolute atomic E-state index is 13.2. The van der Waals surface area contributed by atoms with Gasteiger partial charge in [0.25, 0.3) is 5.91 Å². The van der Waals surface area contributed by atoms with E-state index in [1.54, 1.807) is 4.90 Å². The van der Waals surface area contributed by atoms with Gasteiger partial charge in [0, 0.05) is 18.0 Å². The highest BCUT2D eigenvalue weighted by Crippen LogP contribution is 2.43. The molecule has 0 radical (unpaired) electrons. The first kappa shape index (κ1) is 21.3. The number of nitrogens with zero attached hydrogens (tertiary/aromatic N) is 2. The second-order valence-corrected chi connectivity index (χ2v) is 8.77. The van der Waals surface area contributed by atoms with E-state index in [1.165, 1.54) is 40.3 Å². The summed E-state index contributed by atoms with van der Waals surface area (Å²) < 4.78 is 13.2. The van der Waals surface area contributed by atoms with E-state index in [2.05, 4.69) is 43.3 Å². The predicted molar refractivity (Wildman–Crippen MR) is 123 cm³/mol. The number of carbonyl (C=O) groups excluding carboxylic acids is 2. The molecule has 1 N–H and O–H groups in total. The molecule has 33 heavy (non-hydrogen) atoms. The van der Waals surface area contributed by atoms with Gasteiger partial charge in [0.2, 0.25) is 5.91 Å². The standard InChI is InChI=1S/C27H25FN2O3/c1-17-4-2-3-5-22(17)18-6-8-19(9-7-18)26-23-14-29(15-25(32)30(23)24(26)16-31)27(33)20-10-12-21(28)13-11-20/h2-13,23-24,26,31H,14-16H2,1H3/t23-,24+,26+/m1/s1. The molecule has 0 unspecified atom stereocenters. The summed E-state index contributed by atoms with van der Waals surface area (Å²) in [7, 11) is 0. The van der Waals surface area contributed by atoms with Gasteiger partial charge in [0.15, 0.2) is 0 Å². The fourth-order valence-electron chi connectivity index (χ4n) is 5.21. The summed E-state index contributed by atoms with van der Waals surface area (Å²) in [5.74, 6) is -0.933. The fourth-order valence-corrected chi connectivity index (χ4v) is 5.21. The number of piperazine rings is 1. The molecule has 2 amide bonds. The Labute approximate surface area is 192 Å². The lowest BCUT2D eigenvalue weighted by Crippen LogP contribution is -2.73. The molecule has 3 aromatic carbocycles. The van der Waals surface area contributed by atoms with E-state index in [9.17, 15) is 19.1 Å². The number of hydrogen-bond donors (Lipinski definition) is 1. The number of aliphatic hydroxyl groups is 1. The maximum Gasteiger partial charge on any atom is 0.254 e. The van der Waals surface area contributed by atoms with Crippen LogP contribution in [0.15, 0.2) is 72.8 Å². The van der Waals surface area contributed by atoms with Crippen molar-refractivity contribution in [2.45, 2.75) is 24.9 Å². The van der Waals surface area contributed by atoms with E-state index < -0.39 is 5.82 Å². The van der Waals surface area contributed by atoms with Crippen LogP contribution in [0, 0.1) is 12.7 Å². The Morgan fingerprint density at radius 2 is 1.73 bits per heavy atom. The second-order valence-electron chi connectivity index (χ2n) is 8.77. The SMILES string of the molecule is Cc1ccccc1-c1ccc([C@H]2[C@H]3CN(C(=O)c4ccc(F)cc4)CC(=O)N3[C@H]2CO)cc1. The molecule has 5 rings (SSSR count). The molecular weight excluding hydrogens is 419 g/mol. The number of benzene rings is 3. The lowest BCUT2D eigenvalue weighted by molar-refractivity contribution is -0.159. The van der Waals surface area contributed by atoms with Crippen LogP contribution in [0.2, 0.25) is 0 Å². The monoisotopic (exact) mass is 444 g/mol. The Morgan fingerprint density at radius 1 is 1.03 bits per heavy atom. The third kappa shape index (κ3) is 3.70. The van der Waals surface area contributed by atoms with Crippen molar-refractivity contribution in [2.75, 3.05) is 19.7 Å². The minimum atomic E-state index is -0.411. The third-order valence-electron chi connectivity index (χ3n) is 6.88. The van der Waals surface area contributed by atoms with Crippen molar-refractivity contribution < 1.29 is 19.1 Å². The average Bonchev–Trinajstić information content (AvgIpc) is 2.81. The van der Waals surface area contributed by atoms with Crippen LogP contribution < -0.4 is 0 Å². The highest BCUT2D eigenvalue weighted by atomic mass is 19.1. The van der Waals surface area contributed by atoms with Crippen LogP contribution >= 0.6 is 0 Å². The molecule has 2 heterocycles. The zero-order chi connectivity index (χ0) is 23.1. The van der Waals surface area contributed by atoms with E-state index >= 15 is 0 Å². The topological polar surface area (TPSA) is 60.9 Å². The normalized spacial score (nSPS) is 22.0. The first-order valence-electron chi connectivity index (χ1n) is 11.1. The Kier molecular flexibility index (Phi) is 5.46. The van der Waals surface area contributed by atoms with Crippen LogP contribution in [0.3, 0.4) is 0 Å². The minimum absolute atomic E-state index is 0.0395. The molecule has 6 heteroatoms. The lowest BCUT2D eigenvalue weighted by Gasteiger charge is -2.58. The molecule has 2 fully saturated rings. The van der Waals surface area contributed by atoms with Crippen LogP contribution in [0.4, 0.5) is 4.39 Å². The molecule has 3 atom stereocenters. The number of amides is 2. The first-order chi connectivity index (χ1) is 16.0. The van der Waals surface area contributed by atoms with E-state index in [-0.39, 0.29) is 43.0 Å². The Bertz CT molecular complexity index is 1190. The predicted octanol–water partition coefficient (Wildman–Crippen LogP) is 3.61. The van der Waals surface area contributed by atoms with Gasteiger partial charge < -0.3 is 14.9 Å². The van der Waals surface area contributed by atoms with E-state index in [4.69, 9.17) is 0 Å². The van der Waals surface area contributed by atoms with Gasteiger partial charge in [0.1, 0.15) is 12.4 Å². The van der Waals surface area contributed by atoms with Crippen molar-refractivity contribution in [3.63, 3.8) is 0 Å². The minimum Gasteiger partial charge on any atom is -0.394 e. The zero-order valence-electron chi connectivity index (χ0n) is 18.3. The van der Waals surface area contributed by atoms with Crippen LogP contribution in [0.25, 0.3) is 11.1 Å². The Morgan fingerprint density at radius 3 is 2.39 bits per heavy atom. The molecule has 2 saturated heterocycles. The van der Waals surface area contributed by atoms with Gasteiger partial charge in [0.05, 0.1) is 18.7 Å². The van der Waals surface area contributed by atoms with E-state index in [0.717, 1.165) is 11.1 Å². The lowest BCUT2D eigenvalue weighted by atomic mass is 9.73. The van der Waals surface area contributed by atoms with Crippen LogP contribution in [-0.4, -0.2) is 58.5 Å². The molecule has 168 valence electrons.